The minimum atomic E-state index is -4.16. The molecule has 41 heavy (non-hydrogen) atoms. The highest BCUT2D eigenvalue weighted by atomic mass is 32.2. The van der Waals surface area contributed by atoms with Crippen molar-refractivity contribution < 1.29 is 27.5 Å². The zero-order valence-corrected chi connectivity index (χ0v) is 24.9. The Labute approximate surface area is 243 Å². The Morgan fingerprint density at radius 2 is 1.61 bits per heavy atom. The number of benzene rings is 3. The minimum Gasteiger partial charge on any atom is -0.497 e. The van der Waals surface area contributed by atoms with Gasteiger partial charge in [0.25, 0.3) is 10.0 Å². The summed E-state index contributed by atoms with van der Waals surface area (Å²) in [5.74, 6) is 0.361. The summed E-state index contributed by atoms with van der Waals surface area (Å²) in [5.41, 5.74) is 1.08. The number of amides is 2. The van der Waals surface area contributed by atoms with Crippen molar-refractivity contribution in [3.63, 3.8) is 0 Å². The van der Waals surface area contributed by atoms with Crippen molar-refractivity contribution in [2.75, 3.05) is 31.1 Å². The lowest BCUT2D eigenvalue weighted by Crippen LogP contribution is -2.52. The van der Waals surface area contributed by atoms with Crippen molar-refractivity contribution in [1.29, 1.82) is 0 Å². The Morgan fingerprint density at radius 1 is 0.902 bits per heavy atom. The van der Waals surface area contributed by atoms with Gasteiger partial charge in [-0.2, -0.15) is 0 Å². The number of methoxy groups -OCH3 is 1. The Hall–Kier alpha value is -4.05. The van der Waals surface area contributed by atoms with E-state index in [4.69, 9.17) is 9.47 Å². The van der Waals surface area contributed by atoms with Crippen LogP contribution < -0.4 is 19.1 Å². The quantitative estimate of drug-likeness (QED) is 0.281. The van der Waals surface area contributed by atoms with E-state index in [2.05, 4.69) is 5.32 Å². The number of sulfonamides is 1. The predicted molar refractivity (Wildman–Crippen MR) is 160 cm³/mol. The molecule has 0 aliphatic heterocycles. The summed E-state index contributed by atoms with van der Waals surface area (Å²) in [6.45, 7) is 6.14. The van der Waals surface area contributed by atoms with Gasteiger partial charge in [0.2, 0.25) is 11.8 Å². The van der Waals surface area contributed by atoms with Crippen LogP contribution in [-0.4, -0.2) is 58.0 Å². The van der Waals surface area contributed by atoms with Crippen molar-refractivity contribution >= 4 is 27.5 Å². The number of nitrogens with one attached hydrogen (secondary N) is 1. The van der Waals surface area contributed by atoms with Crippen LogP contribution in [0, 0.1) is 0 Å². The van der Waals surface area contributed by atoms with Crippen molar-refractivity contribution in [3.05, 3.63) is 84.4 Å². The summed E-state index contributed by atoms with van der Waals surface area (Å²) in [5, 5.41) is 2.88. The van der Waals surface area contributed by atoms with Gasteiger partial charge in [-0.1, -0.05) is 44.2 Å². The lowest BCUT2D eigenvalue weighted by Gasteiger charge is -2.33. The summed E-state index contributed by atoms with van der Waals surface area (Å²) < 4.78 is 39.8. The van der Waals surface area contributed by atoms with Gasteiger partial charge in [0.1, 0.15) is 24.1 Å². The van der Waals surface area contributed by atoms with Crippen LogP contribution in [0.4, 0.5) is 5.69 Å². The van der Waals surface area contributed by atoms with E-state index < -0.39 is 28.5 Å². The lowest BCUT2D eigenvalue weighted by molar-refractivity contribution is -0.140. The second-order valence-electron chi connectivity index (χ2n) is 9.34. The number of carbonyl (C=O) groups excluding carboxylic acids is 2. The van der Waals surface area contributed by atoms with E-state index >= 15 is 0 Å². The van der Waals surface area contributed by atoms with Gasteiger partial charge in [-0.05, 0) is 73.9 Å². The van der Waals surface area contributed by atoms with Gasteiger partial charge in [0.05, 0.1) is 24.3 Å². The lowest BCUT2D eigenvalue weighted by atomic mass is 10.1. The van der Waals surface area contributed by atoms with E-state index in [-0.39, 0.29) is 17.3 Å². The maximum absolute atomic E-state index is 14.1. The molecule has 0 spiro atoms. The molecular weight excluding hydrogens is 542 g/mol. The SMILES string of the molecule is CCCNC(=O)[C@H](CC)N(Cc1cccc(OC)c1)C(=O)CN(c1ccccc1)S(=O)(=O)c1ccc(OCC)cc1. The molecule has 9 nitrogen and oxygen atoms in total. The maximum Gasteiger partial charge on any atom is 0.264 e. The normalized spacial score (nSPS) is 11.8. The highest BCUT2D eigenvalue weighted by molar-refractivity contribution is 7.92. The molecule has 0 unspecified atom stereocenters. The summed E-state index contributed by atoms with van der Waals surface area (Å²) in [7, 11) is -2.60. The number of para-hydroxylation sites is 1. The van der Waals surface area contributed by atoms with E-state index in [0.717, 1.165) is 16.3 Å². The molecule has 0 bridgehead atoms. The van der Waals surface area contributed by atoms with Crippen LogP contribution in [0.1, 0.15) is 39.2 Å². The Kier molecular flexibility index (Phi) is 11.6. The van der Waals surface area contributed by atoms with Gasteiger partial charge >= 0.3 is 0 Å². The van der Waals surface area contributed by atoms with E-state index in [1.165, 1.54) is 17.0 Å². The first-order chi connectivity index (χ1) is 19.7. The minimum absolute atomic E-state index is 0.0182. The van der Waals surface area contributed by atoms with Gasteiger partial charge in [-0.25, -0.2) is 8.42 Å². The highest BCUT2D eigenvalue weighted by Crippen LogP contribution is 2.26. The van der Waals surface area contributed by atoms with E-state index in [1.807, 2.05) is 32.9 Å². The third-order valence-electron chi connectivity index (χ3n) is 6.47. The highest BCUT2D eigenvalue weighted by Gasteiger charge is 2.33. The topological polar surface area (TPSA) is 105 Å². The molecule has 3 rings (SSSR count). The second-order valence-corrected chi connectivity index (χ2v) is 11.2. The first kappa shape index (κ1) is 31.5. The molecule has 1 N–H and O–H groups in total. The van der Waals surface area contributed by atoms with Crippen molar-refractivity contribution in [2.45, 2.75) is 51.1 Å². The number of ether oxygens (including phenoxy) is 2. The fraction of sp³-hybridized carbons (Fsp3) is 0.355. The number of hydrogen-bond acceptors (Lipinski definition) is 6. The van der Waals surface area contributed by atoms with Crippen molar-refractivity contribution in [2.24, 2.45) is 0 Å². The average Bonchev–Trinajstić information content (AvgIpc) is 2.99. The molecule has 3 aromatic rings. The molecule has 0 saturated carbocycles. The van der Waals surface area contributed by atoms with Crippen molar-refractivity contribution in [3.8, 4) is 11.5 Å². The molecule has 0 heterocycles. The fourth-order valence-corrected chi connectivity index (χ4v) is 5.79. The number of hydrogen-bond donors (Lipinski definition) is 1. The maximum atomic E-state index is 14.1. The molecule has 3 aromatic carbocycles. The molecular formula is C31H39N3O6S. The zero-order chi connectivity index (χ0) is 29.8. The molecule has 0 aromatic heterocycles. The van der Waals surface area contributed by atoms with Crippen LogP contribution in [0.3, 0.4) is 0 Å². The van der Waals surface area contributed by atoms with Gasteiger partial charge in [-0.15, -0.1) is 0 Å². The van der Waals surface area contributed by atoms with Gasteiger partial charge < -0.3 is 19.7 Å². The third-order valence-corrected chi connectivity index (χ3v) is 8.26. The van der Waals surface area contributed by atoms with Gasteiger partial charge in [-0.3, -0.25) is 13.9 Å². The van der Waals surface area contributed by atoms with Crippen LogP contribution >= 0.6 is 0 Å². The number of carbonyl (C=O) groups is 2. The van der Waals surface area contributed by atoms with Gasteiger partial charge in [0, 0.05) is 13.1 Å². The molecule has 2 amide bonds. The molecule has 220 valence electrons. The van der Waals surface area contributed by atoms with E-state index in [9.17, 15) is 18.0 Å². The zero-order valence-electron chi connectivity index (χ0n) is 24.1. The molecule has 0 aliphatic carbocycles. The van der Waals surface area contributed by atoms with Crippen LogP contribution in [0.2, 0.25) is 0 Å². The first-order valence-electron chi connectivity index (χ1n) is 13.8. The van der Waals surface area contributed by atoms with Gasteiger partial charge in [0.15, 0.2) is 0 Å². The van der Waals surface area contributed by atoms with E-state index in [1.54, 1.807) is 61.7 Å². The van der Waals surface area contributed by atoms with Crippen molar-refractivity contribution in [1.82, 2.24) is 10.2 Å². The molecule has 0 aliphatic rings. The molecule has 1 atom stereocenters. The summed E-state index contributed by atoms with van der Waals surface area (Å²) >= 11 is 0. The Morgan fingerprint density at radius 3 is 2.22 bits per heavy atom. The molecule has 0 radical (unpaired) electrons. The number of anilines is 1. The summed E-state index contributed by atoms with van der Waals surface area (Å²) in [4.78, 5) is 28.7. The number of nitrogens with zero attached hydrogens (tertiary/aromatic N) is 2. The average molecular weight is 582 g/mol. The molecule has 0 fully saturated rings. The van der Waals surface area contributed by atoms with Crippen LogP contribution in [0.5, 0.6) is 11.5 Å². The summed E-state index contributed by atoms with van der Waals surface area (Å²) in [6.07, 6.45) is 1.09. The summed E-state index contributed by atoms with van der Waals surface area (Å²) in [6, 6.07) is 21.0. The Bertz CT molecular complexity index is 1380. The Balaban J connectivity index is 2.02. The van der Waals surface area contributed by atoms with E-state index in [0.29, 0.717) is 36.8 Å². The van der Waals surface area contributed by atoms with Crippen LogP contribution in [0.25, 0.3) is 0 Å². The number of rotatable bonds is 15. The third kappa shape index (κ3) is 8.23. The largest absolute Gasteiger partial charge is 0.497 e. The fourth-order valence-electron chi connectivity index (χ4n) is 4.38. The molecule has 10 heteroatoms. The first-order valence-corrected chi connectivity index (χ1v) is 15.2. The standard InChI is InChI=1S/C31H39N3O6S/c1-5-20-32-31(36)29(6-2)33(22-24-12-11-15-27(21-24)39-4)30(35)23-34(25-13-9-8-10-14-25)41(37,38)28-18-16-26(17-19-28)40-7-3/h8-19,21,29H,5-7,20,22-23H2,1-4H3,(H,32,36)/t29-/m0/s1. The predicted octanol–water partition coefficient (Wildman–Crippen LogP) is 4.62. The van der Waals surface area contributed by atoms with Crippen LogP contribution in [-0.2, 0) is 26.2 Å². The van der Waals surface area contributed by atoms with Crippen LogP contribution in [0.15, 0.2) is 83.8 Å². The smallest absolute Gasteiger partial charge is 0.264 e. The molecule has 0 saturated heterocycles. The monoisotopic (exact) mass is 581 g/mol. The second kappa shape index (κ2) is 15.1.